The molecule has 1 aliphatic carbocycles. The third-order valence-electron chi connectivity index (χ3n) is 11.3. The van der Waals surface area contributed by atoms with Gasteiger partial charge in [-0.15, -0.1) is 0 Å². The van der Waals surface area contributed by atoms with Crippen LogP contribution in [0.15, 0.2) is 35.3 Å². The van der Waals surface area contributed by atoms with Crippen LogP contribution in [-0.4, -0.2) is 88.3 Å². The zero-order chi connectivity index (χ0) is 34.2. The smallest absolute Gasteiger partial charge is 0.319 e. The molecule has 3 aromatic rings. The predicted octanol–water partition coefficient (Wildman–Crippen LogP) is 6.74. The van der Waals surface area contributed by atoms with E-state index in [0.29, 0.717) is 43.6 Å². The lowest BCUT2D eigenvalue weighted by Crippen LogP contribution is -2.59. The lowest BCUT2D eigenvalue weighted by atomic mass is 9.78. The fourth-order valence-corrected chi connectivity index (χ4v) is 9.05. The van der Waals surface area contributed by atoms with Gasteiger partial charge in [-0.05, 0) is 99.0 Å². The molecule has 49 heavy (non-hydrogen) atoms. The van der Waals surface area contributed by atoms with Crippen molar-refractivity contribution >= 4 is 39.0 Å². The molecule has 3 unspecified atom stereocenters. The number of aromatic nitrogens is 2. The molecule has 8 rings (SSSR count). The number of nitrogens with one attached hydrogen (secondary N) is 1. The number of hydrogen-bond donors (Lipinski definition) is 2. The Labute approximate surface area is 287 Å². The Morgan fingerprint density at radius 3 is 2.59 bits per heavy atom. The fraction of sp³-hybridized carbons (Fsp3) is 0.513. The Morgan fingerprint density at radius 1 is 1.16 bits per heavy atom. The summed E-state index contributed by atoms with van der Waals surface area (Å²) in [6.45, 7) is 13.4. The lowest BCUT2D eigenvalue weighted by molar-refractivity contribution is -0.0133. The van der Waals surface area contributed by atoms with Crippen LogP contribution < -0.4 is 15.0 Å². The van der Waals surface area contributed by atoms with Gasteiger partial charge in [-0.25, -0.2) is 8.78 Å². The molecule has 2 bridgehead atoms. The topological polar surface area (TPSA) is 86.1 Å². The van der Waals surface area contributed by atoms with Gasteiger partial charge < -0.3 is 20.1 Å². The fourth-order valence-electron chi connectivity index (χ4n) is 9.05. The van der Waals surface area contributed by atoms with Crippen molar-refractivity contribution in [3.63, 3.8) is 0 Å². The number of hydrogen-bond acceptors (Lipinski definition) is 8. The van der Waals surface area contributed by atoms with E-state index in [1.807, 2.05) is 20.8 Å². The molecule has 5 heterocycles. The summed E-state index contributed by atoms with van der Waals surface area (Å²) in [6, 6.07) is 7.63. The SMILES string of the molecule is C/C=C1\C(=NC(C)C)C(c2cc(O)cc3ccc(F)c(CC)c23)=C(C)c2nc(OCC34CCN3CC(F)C4)nc(N3CC4CC[C@@H](C3)N4)c21. The van der Waals surface area contributed by atoms with E-state index in [1.165, 1.54) is 6.07 Å². The standard InChI is InChI=1S/C39H46F2N6O2/c1-6-28-31(41)11-8-23-14-27(48)15-30(33(23)28)32-22(5)35-34(29(7-2)36(32)42-21(3)4)37(46-18-25-9-10-26(19-46)43-25)45-38(44-35)49-20-39-12-13-47(39)17-24(40)16-39/h7-8,11,14-15,21,24-26,43,48H,6,9-10,12-13,16-20H2,1-5H3/b29-7-,42-36?/t24?,25-,26?,39?/m0/s1. The number of aryl methyl sites for hydroxylation is 1. The molecule has 0 spiro atoms. The first-order valence-corrected chi connectivity index (χ1v) is 17.9. The average Bonchev–Trinajstić information content (AvgIpc) is 3.52. The van der Waals surface area contributed by atoms with Gasteiger partial charge in [0.05, 0.1) is 22.5 Å². The maximum atomic E-state index is 15.4. The molecule has 4 saturated heterocycles. The molecular weight excluding hydrogens is 622 g/mol. The van der Waals surface area contributed by atoms with E-state index >= 15 is 4.39 Å². The van der Waals surface area contributed by atoms with Gasteiger partial charge in [-0.1, -0.05) is 19.1 Å². The van der Waals surface area contributed by atoms with Crippen LogP contribution in [0.1, 0.15) is 82.7 Å². The zero-order valence-electron chi connectivity index (χ0n) is 29.1. The summed E-state index contributed by atoms with van der Waals surface area (Å²) in [5.74, 6) is 0.648. The second-order valence-corrected chi connectivity index (χ2v) is 14.9. The van der Waals surface area contributed by atoms with E-state index in [4.69, 9.17) is 19.7 Å². The van der Waals surface area contributed by atoms with Gasteiger partial charge in [0.15, 0.2) is 0 Å². The molecule has 5 aliphatic rings. The molecule has 2 aromatic carbocycles. The van der Waals surface area contributed by atoms with Crippen molar-refractivity contribution in [3.05, 3.63) is 58.5 Å². The number of aliphatic imine (C=N–C) groups is 1. The van der Waals surface area contributed by atoms with Crippen LogP contribution in [0.2, 0.25) is 0 Å². The van der Waals surface area contributed by atoms with Gasteiger partial charge in [0, 0.05) is 61.9 Å². The number of alkyl halides is 1. The number of anilines is 1. The van der Waals surface area contributed by atoms with E-state index < -0.39 is 6.17 Å². The van der Waals surface area contributed by atoms with Gasteiger partial charge in [0.2, 0.25) is 0 Å². The number of piperazine rings is 1. The Balaban J connectivity index is 1.36. The first-order valence-electron chi connectivity index (χ1n) is 17.9. The molecule has 258 valence electrons. The van der Waals surface area contributed by atoms with E-state index in [2.05, 4.69) is 35.0 Å². The van der Waals surface area contributed by atoms with Crippen LogP contribution in [0.4, 0.5) is 14.6 Å². The molecular formula is C39H46F2N6O2. The predicted molar refractivity (Wildman–Crippen MR) is 192 cm³/mol. The Hall–Kier alpha value is -3.89. The molecule has 4 fully saturated rings. The summed E-state index contributed by atoms with van der Waals surface area (Å²) in [6.07, 6.45) is 5.34. The van der Waals surface area contributed by atoms with Crippen LogP contribution in [-0.2, 0) is 6.42 Å². The highest BCUT2D eigenvalue weighted by Crippen LogP contribution is 2.48. The summed E-state index contributed by atoms with van der Waals surface area (Å²) in [4.78, 5) is 20.1. The van der Waals surface area contributed by atoms with Gasteiger partial charge >= 0.3 is 6.01 Å². The number of fused-ring (bicyclic) bond motifs is 5. The normalized spacial score (nSPS) is 28.2. The van der Waals surface area contributed by atoms with Gasteiger partial charge in [-0.2, -0.15) is 9.97 Å². The highest BCUT2D eigenvalue weighted by molar-refractivity contribution is 6.51. The molecule has 0 amide bonds. The quantitative estimate of drug-likeness (QED) is 0.289. The number of benzene rings is 2. The number of phenols is 1. The molecule has 10 heteroatoms. The van der Waals surface area contributed by atoms with E-state index in [-0.39, 0.29) is 29.2 Å². The second kappa shape index (κ2) is 12.2. The first-order chi connectivity index (χ1) is 23.6. The van der Waals surface area contributed by atoms with Crippen LogP contribution in [0.25, 0.3) is 27.5 Å². The van der Waals surface area contributed by atoms with Crippen LogP contribution in [0.5, 0.6) is 11.8 Å². The van der Waals surface area contributed by atoms with Gasteiger partial charge in [0.25, 0.3) is 0 Å². The van der Waals surface area contributed by atoms with Crippen molar-refractivity contribution in [2.75, 3.05) is 37.7 Å². The molecule has 4 aliphatic heterocycles. The minimum absolute atomic E-state index is 0.0438. The highest BCUT2D eigenvalue weighted by Gasteiger charge is 2.53. The van der Waals surface area contributed by atoms with Crippen LogP contribution in [0.3, 0.4) is 0 Å². The van der Waals surface area contributed by atoms with Crippen LogP contribution >= 0.6 is 0 Å². The van der Waals surface area contributed by atoms with Crippen molar-refractivity contribution in [1.82, 2.24) is 20.2 Å². The number of aromatic hydroxyl groups is 1. The monoisotopic (exact) mass is 668 g/mol. The van der Waals surface area contributed by atoms with E-state index in [1.54, 1.807) is 18.2 Å². The van der Waals surface area contributed by atoms with Gasteiger partial charge in [0.1, 0.15) is 30.2 Å². The van der Waals surface area contributed by atoms with Crippen molar-refractivity contribution in [2.45, 2.75) is 96.6 Å². The zero-order valence-corrected chi connectivity index (χ0v) is 29.1. The maximum absolute atomic E-state index is 15.4. The average molecular weight is 669 g/mol. The number of nitrogens with zero attached hydrogens (tertiary/aromatic N) is 5. The van der Waals surface area contributed by atoms with Gasteiger partial charge in [-0.3, -0.25) is 9.89 Å². The molecule has 1 aromatic heterocycles. The number of ether oxygens (including phenoxy) is 1. The van der Waals surface area contributed by atoms with Crippen molar-refractivity contribution in [2.24, 2.45) is 4.99 Å². The Bertz CT molecular complexity index is 1930. The first kappa shape index (κ1) is 32.3. The summed E-state index contributed by atoms with van der Waals surface area (Å²) < 4.78 is 36.4. The van der Waals surface area contributed by atoms with Crippen molar-refractivity contribution in [3.8, 4) is 11.8 Å². The number of rotatable bonds is 7. The van der Waals surface area contributed by atoms with Crippen molar-refractivity contribution in [1.29, 1.82) is 0 Å². The number of halogens is 2. The van der Waals surface area contributed by atoms with Crippen LogP contribution in [0, 0.1) is 5.82 Å². The summed E-state index contributed by atoms with van der Waals surface area (Å²) in [5.41, 5.74) is 6.01. The summed E-state index contributed by atoms with van der Waals surface area (Å²) in [5, 5.41) is 16.3. The minimum Gasteiger partial charge on any atom is -0.508 e. The minimum atomic E-state index is -0.846. The third kappa shape index (κ3) is 5.33. The number of phenolic OH excluding ortho intramolecular Hbond substituents is 1. The molecule has 0 radical (unpaired) electrons. The molecule has 4 atom stereocenters. The molecule has 0 saturated carbocycles. The molecule has 2 N–H and O–H groups in total. The lowest BCUT2D eigenvalue weighted by Gasteiger charge is -2.47. The van der Waals surface area contributed by atoms with E-state index in [0.717, 1.165) is 94.7 Å². The van der Waals surface area contributed by atoms with Crippen molar-refractivity contribution < 1.29 is 18.6 Å². The van der Waals surface area contributed by atoms with E-state index in [9.17, 15) is 9.50 Å². The largest absolute Gasteiger partial charge is 0.508 e. The third-order valence-corrected chi connectivity index (χ3v) is 11.3. The Kier molecular flexibility index (Phi) is 8.02. The summed E-state index contributed by atoms with van der Waals surface area (Å²) in [7, 11) is 0. The number of allylic oxidation sites excluding steroid dienone is 4. The summed E-state index contributed by atoms with van der Waals surface area (Å²) >= 11 is 0. The molecule has 8 nitrogen and oxygen atoms in total. The maximum Gasteiger partial charge on any atom is 0.319 e. The highest BCUT2D eigenvalue weighted by atomic mass is 19.1. The second-order valence-electron chi connectivity index (χ2n) is 14.9. The Morgan fingerprint density at radius 2 is 1.94 bits per heavy atom.